The highest BCUT2D eigenvalue weighted by molar-refractivity contribution is 7.89. The fraction of sp³-hybridized carbons (Fsp3) is 0.400. The predicted molar refractivity (Wildman–Crippen MR) is 41.2 cm³/mol. The van der Waals surface area contributed by atoms with E-state index in [1.165, 1.54) is 6.08 Å². The molecule has 0 saturated carbocycles. The van der Waals surface area contributed by atoms with Crippen molar-refractivity contribution in [3.05, 3.63) is 12.2 Å². The van der Waals surface area contributed by atoms with Crippen LogP contribution in [0.15, 0.2) is 12.2 Å². The van der Waals surface area contributed by atoms with Gasteiger partial charge in [0.05, 0.1) is 6.26 Å². The Balaban J connectivity index is 4.00. The highest BCUT2D eigenvalue weighted by Gasteiger charge is 2.02. The van der Waals surface area contributed by atoms with E-state index in [9.17, 15) is 13.2 Å². The summed E-state index contributed by atoms with van der Waals surface area (Å²) in [6.07, 6.45) is 3.34. The number of rotatable bonds is 3. The Morgan fingerprint density at radius 2 is 2.18 bits per heavy atom. The van der Waals surface area contributed by atoms with E-state index in [0.29, 0.717) is 0 Å². The Hall–Kier alpha value is -0.880. The van der Waals surface area contributed by atoms with Crippen molar-refractivity contribution in [3.8, 4) is 0 Å². The van der Waals surface area contributed by atoms with Crippen LogP contribution in [-0.2, 0) is 14.8 Å². The number of nitrogens with one attached hydrogen (secondary N) is 1. The van der Waals surface area contributed by atoms with E-state index in [4.69, 9.17) is 5.73 Å². The fourth-order valence-electron chi connectivity index (χ4n) is 0.392. The molecule has 11 heavy (non-hydrogen) atoms. The Morgan fingerprint density at radius 3 is 2.55 bits per heavy atom. The van der Waals surface area contributed by atoms with Crippen LogP contribution in [0.4, 0.5) is 0 Å². The Bertz CT molecular complexity index is 255. The van der Waals surface area contributed by atoms with Crippen LogP contribution in [0.1, 0.15) is 0 Å². The van der Waals surface area contributed by atoms with Crippen molar-refractivity contribution in [1.82, 2.24) is 4.72 Å². The third-order valence-electron chi connectivity index (χ3n) is 0.691. The van der Waals surface area contributed by atoms with E-state index in [2.05, 4.69) is 0 Å². The van der Waals surface area contributed by atoms with Gasteiger partial charge in [0, 0.05) is 12.6 Å². The molecule has 5 nitrogen and oxygen atoms in total. The van der Waals surface area contributed by atoms with Gasteiger partial charge in [0.2, 0.25) is 10.0 Å². The second kappa shape index (κ2) is 4.09. The first kappa shape index (κ1) is 10.1. The molecule has 0 heterocycles. The van der Waals surface area contributed by atoms with Crippen LogP contribution in [0.25, 0.3) is 0 Å². The number of hydrogen-bond donors (Lipinski definition) is 2. The van der Waals surface area contributed by atoms with Crippen LogP contribution in [0.3, 0.4) is 0 Å². The predicted octanol–water partition coefficient (Wildman–Crippen LogP) is -1.42. The van der Waals surface area contributed by atoms with Crippen molar-refractivity contribution >= 4 is 15.9 Å². The summed E-state index contributed by atoms with van der Waals surface area (Å²) >= 11 is 0. The molecule has 0 aliphatic rings. The maximum atomic E-state index is 10.6. The number of hydrogen-bond acceptors (Lipinski definition) is 4. The molecule has 64 valence electrons. The molecule has 0 bridgehead atoms. The van der Waals surface area contributed by atoms with Crippen LogP contribution < -0.4 is 10.5 Å². The molecule has 0 saturated heterocycles. The number of amides is 1. The van der Waals surface area contributed by atoms with Gasteiger partial charge in [-0.2, -0.15) is 0 Å². The van der Waals surface area contributed by atoms with Crippen LogP contribution in [0.2, 0.25) is 0 Å². The largest absolute Gasteiger partial charge is 0.327 e. The van der Waals surface area contributed by atoms with Gasteiger partial charge in [0.15, 0.2) is 0 Å². The van der Waals surface area contributed by atoms with Crippen LogP contribution in [-0.4, -0.2) is 27.1 Å². The molecule has 0 atom stereocenters. The summed E-state index contributed by atoms with van der Waals surface area (Å²) in [5.74, 6) is -0.682. The smallest absolute Gasteiger partial charge is 0.257 e. The minimum absolute atomic E-state index is 0.206. The Kier molecular flexibility index (Phi) is 3.77. The SMILES string of the molecule is CS(=O)(=O)NC(=O)/C=C/CN. The number of carbonyl (C=O) groups excluding carboxylic acids is 1. The lowest BCUT2D eigenvalue weighted by atomic mass is 10.5. The van der Waals surface area contributed by atoms with Crippen molar-refractivity contribution in [2.75, 3.05) is 12.8 Å². The molecule has 0 aromatic carbocycles. The van der Waals surface area contributed by atoms with Crippen molar-refractivity contribution in [2.24, 2.45) is 5.73 Å². The molecule has 0 aromatic heterocycles. The monoisotopic (exact) mass is 178 g/mol. The van der Waals surface area contributed by atoms with Crippen molar-refractivity contribution in [1.29, 1.82) is 0 Å². The summed E-state index contributed by atoms with van der Waals surface area (Å²) < 4.78 is 22.6. The second-order valence-electron chi connectivity index (χ2n) is 1.88. The summed E-state index contributed by atoms with van der Waals surface area (Å²) in [6.45, 7) is 0.206. The van der Waals surface area contributed by atoms with E-state index in [1.54, 1.807) is 4.72 Å². The summed E-state index contributed by atoms with van der Waals surface area (Å²) in [5.41, 5.74) is 5.02. The van der Waals surface area contributed by atoms with Gasteiger partial charge in [-0.15, -0.1) is 0 Å². The highest BCUT2D eigenvalue weighted by Crippen LogP contribution is 1.76. The minimum atomic E-state index is -3.45. The molecule has 0 spiro atoms. The maximum absolute atomic E-state index is 10.6. The molecule has 0 aliphatic heterocycles. The first-order valence-electron chi connectivity index (χ1n) is 2.84. The normalized spacial score (nSPS) is 11.8. The lowest BCUT2D eigenvalue weighted by Crippen LogP contribution is -2.27. The zero-order chi connectivity index (χ0) is 8.91. The second-order valence-corrected chi connectivity index (χ2v) is 3.63. The Morgan fingerprint density at radius 1 is 1.64 bits per heavy atom. The standard InChI is InChI=1S/C5H10N2O3S/c1-11(9,10)7-5(8)3-2-4-6/h2-3H,4,6H2,1H3,(H,7,8)/b3-2+. The summed E-state index contributed by atoms with van der Waals surface area (Å²) in [4.78, 5) is 10.6. The first-order valence-corrected chi connectivity index (χ1v) is 4.73. The van der Waals surface area contributed by atoms with E-state index in [-0.39, 0.29) is 6.54 Å². The average Bonchev–Trinajstić information content (AvgIpc) is 1.79. The van der Waals surface area contributed by atoms with Crippen LogP contribution >= 0.6 is 0 Å². The van der Waals surface area contributed by atoms with Crippen molar-refractivity contribution in [3.63, 3.8) is 0 Å². The lowest BCUT2D eigenvalue weighted by molar-refractivity contribution is -0.114. The molecule has 0 rings (SSSR count). The van der Waals surface area contributed by atoms with E-state index in [1.807, 2.05) is 0 Å². The van der Waals surface area contributed by atoms with Crippen LogP contribution in [0, 0.1) is 0 Å². The molecule has 1 amide bonds. The zero-order valence-electron chi connectivity index (χ0n) is 6.07. The van der Waals surface area contributed by atoms with Gasteiger partial charge in [-0.25, -0.2) is 13.1 Å². The van der Waals surface area contributed by atoms with E-state index < -0.39 is 15.9 Å². The van der Waals surface area contributed by atoms with E-state index >= 15 is 0 Å². The first-order chi connectivity index (χ1) is 4.95. The highest BCUT2D eigenvalue weighted by atomic mass is 32.2. The topological polar surface area (TPSA) is 89.3 Å². The summed E-state index contributed by atoms with van der Waals surface area (Å²) in [5, 5.41) is 0. The zero-order valence-corrected chi connectivity index (χ0v) is 6.89. The number of carbonyl (C=O) groups is 1. The summed E-state index contributed by atoms with van der Waals surface area (Å²) in [7, 11) is -3.45. The number of nitrogens with two attached hydrogens (primary N) is 1. The van der Waals surface area contributed by atoms with Gasteiger partial charge in [0.25, 0.3) is 5.91 Å². The molecule has 0 unspecified atom stereocenters. The molecule has 0 aromatic rings. The third kappa shape index (κ3) is 7.01. The van der Waals surface area contributed by atoms with Gasteiger partial charge in [0.1, 0.15) is 0 Å². The number of sulfonamides is 1. The van der Waals surface area contributed by atoms with Crippen molar-refractivity contribution < 1.29 is 13.2 Å². The molecule has 0 fully saturated rings. The van der Waals surface area contributed by atoms with Crippen molar-refractivity contribution in [2.45, 2.75) is 0 Å². The fourth-order valence-corrected chi connectivity index (χ4v) is 0.825. The van der Waals surface area contributed by atoms with Gasteiger partial charge in [-0.1, -0.05) is 6.08 Å². The van der Waals surface area contributed by atoms with Gasteiger partial charge < -0.3 is 5.73 Å². The molecule has 0 radical (unpaired) electrons. The molecule has 6 heteroatoms. The third-order valence-corrected chi connectivity index (χ3v) is 1.26. The van der Waals surface area contributed by atoms with Crippen LogP contribution in [0.5, 0.6) is 0 Å². The average molecular weight is 178 g/mol. The van der Waals surface area contributed by atoms with E-state index in [0.717, 1.165) is 12.3 Å². The minimum Gasteiger partial charge on any atom is -0.327 e. The summed E-state index contributed by atoms with van der Waals surface area (Å²) in [6, 6.07) is 0. The maximum Gasteiger partial charge on any atom is 0.257 e. The van der Waals surface area contributed by atoms with Gasteiger partial charge in [-0.05, 0) is 0 Å². The molecule has 0 aliphatic carbocycles. The molecule has 3 N–H and O–H groups in total. The molecular formula is C5H10N2O3S. The Labute approximate surface area is 65.3 Å². The lowest BCUT2D eigenvalue weighted by Gasteiger charge is -1.95. The van der Waals surface area contributed by atoms with Gasteiger partial charge >= 0.3 is 0 Å². The quantitative estimate of drug-likeness (QED) is 0.519. The molecular weight excluding hydrogens is 168 g/mol. The van der Waals surface area contributed by atoms with Gasteiger partial charge in [-0.3, -0.25) is 4.79 Å².